The van der Waals surface area contributed by atoms with Crippen molar-refractivity contribution in [3.05, 3.63) is 64.4 Å². The monoisotopic (exact) mass is 315 g/mol. The minimum atomic E-state index is -1.08. The van der Waals surface area contributed by atoms with Gasteiger partial charge in [0.1, 0.15) is 0 Å². The number of aliphatic carboxylic acids is 1. The van der Waals surface area contributed by atoms with Crippen LogP contribution in [0.3, 0.4) is 0 Å². The van der Waals surface area contributed by atoms with Crippen LogP contribution in [-0.4, -0.2) is 28.8 Å². The van der Waals surface area contributed by atoms with Gasteiger partial charge < -0.3 is 9.84 Å². The zero-order chi connectivity index (χ0) is 15.7. The molecule has 0 bridgehead atoms. The summed E-state index contributed by atoms with van der Waals surface area (Å²) < 4.78 is 5.59. The maximum absolute atomic E-state index is 12.0. The summed E-state index contributed by atoms with van der Waals surface area (Å²) in [6.07, 6.45) is 5.26. The minimum Gasteiger partial charge on any atom is -0.478 e. The van der Waals surface area contributed by atoms with Crippen molar-refractivity contribution in [1.29, 1.82) is 0 Å². The van der Waals surface area contributed by atoms with E-state index in [1.807, 2.05) is 0 Å². The molecule has 3 rings (SSSR count). The Morgan fingerprint density at radius 2 is 2.14 bits per heavy atom. The van der Waals surface area contributed by atoms with Crippen LogP contribution < -0.4 is 0 Å². The van der Waals surface area contributed by atoms with Crippen molar-refractivity contribution < 1.29 is 19.4 Å². The fourth-order valence-corrected chi connectivity index (χ4v) is 2.29. The Labute approximate surface area is 130 Å². The predicted molar refractivity (Wildman–Crippen MR) is 81.6 cm³/mol. The Balaban J connectivity index is 1.95. The molecule has 1 heterocycles. The molecule has 0 radical (unpaired) electrons. The van der Waals surface area contributed by atoms with Crippen LogP contribution >= 0.6 is 11.6 Å². The number of hydrogen-bond donors (Lipinski definition) is 1. The zero-order valence-corrected chi connectivity index (χ0v) is 11.9. The van der Waals surface area contributed by atoms with Crippen molar-refractivity contribution in [2.24, 2.45) is 4.99 Å². The Morgan fingerprint density at radius 3 is 2.86 bits per heavy atom. The molecule has 1 aromatic carbocycles. The van der Waals surface area contributed by atoms with Gasteiger partial charge in [-0.25, -0.2) is 9.79 Å². The first kappa shape index (κ1) is 14.3. The van der Waals surface area contributed by atoms with Gasteiger partial charge in [-0.15, -0.1) is 0 Å². The van der Waals surface area contributed by atoms with Gasteiger partial charge in [0.2, 0.25) is 0 Å². The summed E-state index contributed by atoms with van der Waals surface area (Å²) in [6.45, 7) is 0. The number of aliphatic imine (C=N–C) groups is 1. The van der Waals surface area contributed by atoms with Gasteiger partial charge >= 0.3 is 11.9 Å². The molecule has 1 amide bonds. The molecule has 0 aromatic heterocycles. The molecule has 6 heteroatoms. The highest BCUT2D eigenvalue weighted by molar-refractivity contribution is 6.32. The van der Waals surface area contributed by atoms with E-state index in [0.717, 1.165) is 0 Å². The SMILES string of the molecule is O=C(O)C1=CC2=NC(=O)/C(=C\c3ccccc3Cl)OC2C=C1. The number of fused-ring (bicyclic) bond motifs is 1. The number of hydrogen-bond acceptors (Lipinski definition) is 3. The van der Waals surface area contributed by atoms with E-state index >= 15 is 0 Å². The summed E-state index contributed by atoms with van der Waals surface area (Å²) in [7, 11) is 0. The average molecular weight is 316 g/mol. The molecule has 1 unspecified atom stereocenters. The van der Waals surface area contributed by atoms with Crippen LogP contribution in [0.2, 0.25) is 5.02 Å². The van der Waals surface area contributed by atoms with Gasteiger partial charge in [-0.05, 0) is 35.9 Å². The number of carboxylic acids is 1. The molecule has 0 saturated carbocycles. The predicted octanol–water partition coefficient (Wildman–Crippen LogP) is 2.63. The summed E-state index contributed by atoms with van der Waals surface area (Å²) in [6, 6.07) is 7.04. The molecule has 1 N–H and O–H groups in total. The Bertz CT molecular complexity index is 789. The van der Waals surface area contributed by atoms with Gasteiger partial charge in [-0.3, -0.25) is 4.79 Å². The summed E-state index contributed by atoms with van der Waals surface area (Å²) in [5.41, 5.74) is 0.985. The molecular formula is C16H10ClNO4. The molecule has 22 heavy (non-hydrogen) atoms. The highest BCUT2D eigenvalue weighted by atomic mass is 35.5. The number of carbonyl (C=O) groups is 2. The number of benzene rings is 1. The lowest BCUT2D eigenvalue weighted by Gasteiger charge is -2.23. The number of ether oxygens (including phenoxy) is 1. The lowest BCUT2D eigenvalue weighted by Crippen LogP contribution is -2.31. The molecule has 1 aromatic rings. The average Bonchev–Trinajstić information content (AvgIpc) is 2.49. The smallest absolute Gasteiger partial charge is 0.335 e. The highest BCUT2D eigenvalue weighted by Gasteiger charge is 2.28. The second-order valence-corrected chi connectivity index (χ2v) is 5.08. The third-order valence-corrected chi connectivity index (χ3v) is 3.52. The van der Waals surface area contributed by atoms with Gasteiger partial charge in [-0.2, -0.15) is 0 Å². The number of halogens is 1. The highest BCUT2D eigenvalue weighted by Crippen LogP contribution is 2.24. The lowest BCUT2D eigenvalue weighted by atomic mass is 10.0. The maximum atomic E-state index is 12.0. The third kappa shape index (κ3) is 2.71. The van der Waals surface area contributed by atoms with Crippen LogP contribution in [0.4, 0.5) is 0 Å². The van der Waals surface area contributed by atoms with Crippen molar-refractivity contribution in [3.8, 4) is 0 Å². The Kier molecular flexibility index (Phi) is 3.65. The number of carbonyl (C=O) groups excluding carboxylic acids is 1. The van der Waals surface area contributed by atoms with Gasteiger partial charge in [0, 0.05) is 5.02 Å². The fraction of sp³-hybridized carbons (Fsp3) is 0.0625. The summed E-state index contributed by atoms with van der Waals surface area (Å²) in [5.74, 6) is -1.58. The largest absolute Gasteiger partial charge is 0.478 e. The Morgan fingerprint density at radius 1 is 1.36 bits per heavy atom. The van der Waals surface area contributed by atoms with Crippen LogP contribution in [0, 0.1) is 0 Å². The summed E-state index contributed by atoms with van der Waals surface area (Å²) in [5, 5.41) is 9.44. The van der Waals surface area contributed by atoms with Crippen LogP contribution in [0.15, 0.2) is 58.8 Å². The molecule has 1 aliphatic carbocycles. The van der Waals surface area contributed by atoms with E-state index in [2.05, 4.69) is 4.99 Å². The molecular weight excluding hydrogens is 306 g/mol. The molecule has 0 fully saturated rings. The van der Waals surface area contributed by atoms with Crippen LogP contribution in [0.5, 0.6) is 0 Å². The normalized spacial score (nSPS) is 21.8. The van der Waals surface area contributed by atoms with E-state index in [4.69, 9.17) is 21.4 Å². The van der Waals surface area contributed by atoms with Crippen LogP contribution in [0.25, 0.3) is 6.08 Å². The quantitative estimate of drug-likeness (QED) is 0.851. The first-order valence-electron chi connectivity index (χ1n) is 6.43. The first-order chi connectivity index (χ1) is 10.5. The number of rotatable bonds is 2. The van der Waals surface area contributed by atoms with Gasteiger partial charge in [0.25, 0.3) is 0 Å². The molecule has 5 nitrogen and oxygen atoms in total. The minimum absolute atomic E-state index is 0.0601. The van der Waals surface area contributed by atoms with Crippen molar-refractivity contribution in [2.75, 3.05) is 0 Å². The van der Waals surface area contributed by atoms with Crippen molar-refractivity contribution >= 4 is 35.3 Å². The van der Waals surface area contributed by atoms with Crippen LogP contribution in [0.1, 0.15) is 5.56 Å². The molecule has 1 aliphatic heterocycles. The summed E-state index contributed by atoms with van der Waals surface area (Å²) >= 11 is 6.05. The maximum Gasteiger partial charge on any atom is 0.335 e. The Hall–Kier alpha value is -2.66. The number of carboxylic acid groups (broad SMARTS) is 1. The molecule has 110 valence electrons. The number of nitrogens with zero attached hydrogens (tertiary/aromatic N) is 1. The fourth-order valence-electron chi connectivity index (χ4n) is 2.10. The zero-order valence-electron chi connectivity index (χ0n) is 11.2. The van der Waals surface area contributed by atoms with E-state index < -0.39 is 18.0 Å². The summed E-state index contributed by atoms with van der Waals surface area (Å²) in [4.78, 5) is 26.8. The first-order valence-corrected chi connectivity index (χ1v) is 6.81. The molecule has 1 atom stereocenters. The van der Waals surface area contributed by atoms with E-state index in [1.54, 1.807) is 30.3 Å². The van der Waals surface area contributed by atoms with Crippen molar-refractivity contribution in [1.82, 2.24) is 0 Å². The third-order valence-electron chi connectivity index (χ3n) is 3.18. The van der Waals surface area contributed by atoms with Gasteiger partial charge in [0.05, 0.1) is 11.3 Å². The lowest BCUT2D eigenvalue weighted by molar-refractivity contribution is -0.132. The van der Waals surface area contributed by atoms with Crippen molar-refractivity contribution in [2.45, 2.75) is 6.10 Å². The second-order valence-electron chi connectivity index (χ2n) is 4.67. The van der Waals surface area contributed by atoms with Crippen molar-refractivity contribution in [3.63, 3.8) is 0 Å². The molecule has 0 saturated heterocycles. The van der Waals surface area contributed by atoms with E-state index in [1.165, 1.54) is 18.2 Å². The topological polar surface area (TPSA) is 76.0 Å². The van der Waals surface area contributed by atoms with E-state index in [0.29, 0.717) is 10.6 Å². The van der Waals surface area contributed by atoms with Gasteiger partial charge in [0.15, 0.2) is 11.9 Å². The standard InChI is InChI=1S/C16H10ClNO4/c17-11-4-2-1-3-9(11)8-14-15(19)18-12-7-10(16(20)21)5-6-13(12)22-14/h1-8,13H,(H,20,21)/b14-8+. The molecule has 2 aliphatic rings. The van der Waals surface area contributed by atoms with E-state index in [9.17, 15) is 9.59 Å². The van der Waals surface area contributed by atoms with E-state index in [-0.39, 0.29) is 17.0 Å². The second kappa shape index (κ2) is 5.61. The molecule has 0 spiro atoms. The van der Waals surface area contributed by atoms with Gasteiger partial charge in [-0.1, -0.05) is 29.8 Å². The van der Waals surface area contributed by atoms with Crippen LogP contribution in [-0.2, 0) is 14.3 Å². The number of amides is 1.